The van der Waals surface area contributed by atoms with Crippen LogP contribution in [0, 0.1) is 13.8 Å². The monoisotopic (exact) mass is 301 g/mol. The maximum absolute atomic E-state index is 8.98. The molecule has 0 aliphatic carbocycles. The fourth-order valence-corrected chi connectivity index (χ4v) is 2.85. The molecule has 2 aromatic rings. The summed E-state index contributed by atoms with van der Waals surface area (Å²) >= 11 is 0. The molecule has 0 saturated carbocycles. The van der Waals surface area contributed by atoms with Gasteiger partial charge in [0.15, 0.2) is 0 Å². The van der Waals surface area contributed by atoms with Gasteiger partial charge in [-0.25, -0.2) is 0 Å². The topological polar surface area (TPSA) is 59.3 Å². The van der Waals surface area contributed by atoms with Crippen LogP contribution in [-0.4, -0.2) is 28.1 Å². The van der Waals surface area contributed by atoms with Gasteiger partial charge in [-0.15, -0.1) is 0 Å². The fourth-order valence-electron chi connectivity index (χ4n) is 2.85. The van der Waals surface area contributed by atoms with Crippen LogP contribution < -0.4 is 10.1 Å². The summed E-state index contributed by atoms with van der Waals surface area (Å²) in [4.78, 5) is 0. The Kier molecular flexibility index (Phi) is 4.34. The van der Waals surface area contributed by atoms with Crippen LogP contribution in [-0.2, 0) is 6.54 Å². The molecule has 5 nitrogen and oxygen atoms in total. The van der Waals surface area contributed by atoms with Gasteiger partial charge >= 0.3 is 0 Å². The summed E-state index contributed by atoms with van der Waals surface area (Å²) in [5.41, 5.74) is 4.74. The molecule has 0 spiro atoms. The third-order valence-electron chi connectivity index (χ3n) is 4.20. The van der Waals surface area contributed by atoms with E-state index in [-0.39, 0.29) is 12.6 Å². The Labute approximate surface area is 130 Å². The SMILES string of the molecule is Cc1cc2c(cc1C)C(Nc1cnn(CCO)c1)CCCO2. The van der Waals surface area contributed by atoms with Crippen LogP contribution >= 0.6 is 0 Å². The molecule has 0 bridgehead atoms. The first kappa shape index (κ1) is 14.9. The number of aliphatic hydroxyl groups excluding tert-OH is 1. The molecule has 22 heavy (non-hydrogen) atoms. The number of rotatable bonds is 4. The Morgan fingerprint density at radius 2 is 2.18 bits per heavy atom. The summed E-state index contributed by atoms with van der Waals surface area (Å²) in [6.45, 7) is 5.63. The molecule has 0 amide bonds. The van der Waals surface area contributed by atoms with E-state index >= 15 is 0 Å². The van der Waals surface area contributed by atoms with E-state index in [9.17, 15) is 0 Å². The van der Waals surface area contributed by atoms with Crippen LogP contribution in [0.2, 0.25) is 0 Å². The van der Waals surface area contributed by atoms with E-state index in [1.807, 2.05) is 12.4 Å². The number of hydrogen-bond acceptors (Lipinski definition) is 4. The highest BCUT2D eigenvalue weighted by Gasteiger charge is 2.21. The average molecular weight is 301 g/mol. The van der Waals surface area contributed by atoms with Crippen molar-refractivity contribution in [2.24, 2.45) is 0 Å². The largest absolute Gasteiger partial charge is 0.493 e. The number of aromatic nitrogens is 2. The number of nitrogens with one attached hydrogen (secondary N) is 1. The molecule has 1 unspecified atom stereocenters. The zero-order chi connectivity index (χ0) is 15.5. The molecular formula is C17H23N3O2. The normalized spacial score (nSPS) is 17.5. The van der Waals surface area contributed by atoms with E-state index in [4.69, 9.17) is 9.84 Å². The smallest absolute Gasteiger partial charge is 0.124 e. The molecule has 0 saturated heterocycles. The third kappa shape index (κ3) is 3.09. The van der Waals surface area contributed by atoms with Crippen molar-refractivity contribution in [3.8, 4) is 5.75 Å². The molecule has 2 N–H and O–H groups in total. The van der Waals surface area contributed by atoms with E-state index in [0.717, 1.165) is 30.9 Å². The number of nitrogens with zero attached hydrogens (tertiary/aromatic N) is 2. The minimum absolute atomic E-state index is 0.0969. The molecule has 1 aromatic heterocycles. The number of fused-ring (bicyclic) bond motifs is 1. The van der Waals surface area contributed by atoms with Crippen LogP contribution in [0.4, 0.5) is 5.69 Å². The van der Waals surface area contributed by atoms with Crippen molar-refractivity contribution >= 4 is 5.69 Å². The van der Waals surface area contributed by atoms with Crippen molar-refractivity contribution in [3.63, 3.8) is 0 Å². The number of ether oxygens (including phenoxy) is 1. The summed E-state index contributed by atoms with van der Waals surface area (Å²) in [5.74, 6) is 0.987. The molecule has 1 aliphatic heterocycles. The van der Waals surface area contributed by atoms with Crippen molar-refractivity contribution in [2.75, 3.05) is 18.5 Å². The molecular weight excluding hydrogens is 278 g/mol. The molecule has 0 fully saturated rings. The standard InChI is InChI=1S/C17H23N3O2/c1-12-8-15-16(4-3-7-22-17(15)9-13(12)2)19-14-10-18-20(11-14)5-6-21/h8-11,16,19,21H,3-7H2,1-2H3. The Hall–Kier alpha value is -2.01. The lowest BCUT2D eigenvalue weighted by atomic mass is 9.97. The maximum atomic E-state index is 8.98. The van der Waals surface area contributed by atoms with Gasteiger partial charge in [-0.2, -0.15) is 5.10 Å². The summed E-state index contributed by atoms with van der Waals surface area (Å²) in [6.07, 6.45) is 5.79. The van der Waals surface area contributed by atoms with Crippen molar-refractivity contribution in [3.05, 3.63) is 41.2 Å². The minimum atomic E-state index is 0.0969. The van der Waals surface area contributed by atoms with Crippen molar-refractivity contribution in [2.45, 2.75) is 39.3 Å². The molecule has 1 aromatic carbocycles. The van der Waals surface area contributed by atoms with E-state index in [1.165, 1.54) is 16.7 Å². The lowest BCUT2D eigenvalue weighted by Crippen LogP contribution is -2.10. The molecule has 1 aliphatic rings. The Morgan fingerprint density at radius 1 is 1.36 bits per heavy atom. The highest BCUT2D eigenvalue weighted by Crippen LogP contribution is 2.35. The van der Waals surface area contributed by atoms with Gasteiger partial charge in [-0.05, 0) is 43.9 Å². The van der Waals surface area contributed by atoms with Crippen molar-refractivity contribution in [1.29, 1.82) is 0 Å². The first-order chi connectivity index (χ1) is 10.7. The van der Waals surface area contributed by atoms with Gasteiger partial charge in [0.25, 0.3) is 0 Å². The van der Waals surface area contributed by atoms with Crippen LogP contribution in [0.1, 0.15) is 35.6 Å². The van der Waals surface area contributed by atoms with Gasteiger partial charge in [0, 0.05) is 11.8 Å². The Bertz CT molecular complexity index is 651. The third-order valence-corrected chi connectivity index (χ3v) is 4.20. The summed E-state index contributed by atoms with van der Waals surface area (Å²) in [5, 5.41) is 16.8. The maximum Gasteiger partial charge on any atom is 0.124 e. The molecule has 5 heteroatoms. The van der Waals surface area contributed by atoms with E-state index in [0.29, 0.717) is 6.54 Å². The van der Waals surface area contributed by atoms with Crippen LogP contribution in [0.25, 0.3) is 0 Å². The molecule has 3 rings (SSSR count). The number of benzene rings is 1. The summed E-state index contributed by atoms with van der Waals surface area (Å²) in [6, 6.07) is 4.59. The quantitative estimate of drug-likeness (QED) is 0.911. The van der Waals surface area contributed by atoms with Gasteiger partial charge < -0.3 is 15.2 Å². The van der Waals surface area contributed by atoms with Crippen LogP contribution in [0.3, 0.4) is 0 Å². The van der Waals surface area contributed by atoms with E-state index in [2.05, 4.69) is 36.4 Å². The lowest BCUT2D eigenvalue weighted by Gasteiger charge is -2.20. The fraction of sp³-hybridized carbons (Fsp3) is 0.471. The summed E-state index contributed by atoms with van der Waals surface area (Å²) in [7, 11) is 0. The highest BCUT2D eigenvalue weighted by molar-refractivity contribution is 5.49. The van der Waals surface area contributed by atoms with Gasteiger partial charge in [0.1, 0.15) is 5.75 Å². The zero-order valence-electron chi connectivity index (χ0n) is 13.2. The van der Waals surface area contributed by atoms with E-state index in [1.54, 1.807) is 4.68 Å². The zero-order valence-corrected chi connectivity index (χ0v) is 13.2. The van der Waals surface area contributed by atoms with Gasteiger partial charge in [0.05, 0.1) is 37.7 Å². The number of anilines is 1. The first-order valence-electron chi connectivity index (χ1n) is 7.81. The second-order valence-electron chi connectivity index (χ2n) is 5.88. The molecule has 1 atom stereocenters. The first-order valence-corrected chi connectivity index (χ1v) is 7.81. The predicted octanol–water partition coefficient (Wildman–Crippen LogP) is 2.82. The van der Waals surface area contributed by atoms with Gasteiger partial charge in [0.2, 0.25) is 0 Å². The van der Waals surface area contributed by atoms with Crippen molar-refractivity contribution in [1.82, 2.24) is 9.78 Å². The molecule has 2 heterocycles. The second-order valence-corrected chi connectivity index (χ2v) is 5.88. The predicted molar refractivity (Wildman–Crippen MR) is 86.3 cm³/mol. The van der Waals surface area contributed by atoms with Crippen LogP contribution in [0.5, 0.6) is 5.75 Å². The van der Waals surface area contributed by atoms with E-state index < -0.39 is 0 Å². The second kappa shape index (κ2) is 6.40. The Morgan fingerprint density at radius 3 is 3.00 bits per heavy atom. The van der Waals surface area contributed by atoms with Gasteiger partial charge in [-0.1, -0.05) is 6.07 Å². The van der Waals surface area contributed by atoms with Gasteiger partial charge in [-0.3, -0.25) is 4.68 Å². The minimum Gasteiger partial charge on any atom is -0.493 e. The molecule has 0 radical (unpaired) electrons. The summed E-state index contributed by atoms with van der Waals surface area (Å²) < 4.78 is 7.65. The lowest BCUT2D eigenvalue weighted by molar-refractivity contribution is 0.269. The number of aryl methyl sites for hydroxylation is 2. The number of hydrogen-bond donors (Lipinski definition) is 2. The average Bonchev–Trinajstić information content (AvgIpc) is 2.84. The highest BCUT2D eigenvalue weighted by atomic mass is 16.5. The Balaban J connectivity index is 1.85. The number of aliphatic hydroxyl groups is 1. The van der Waals surface area contributed by atoms with Crippen molar-refractivity contribution < 1.29 is 9.84 Å². The molecule has 118 valence electrons. The van der Waals surface area contributed by atoms with Crippen LogP contribution in [0.15, 0.2) is 24.5 Å².